The van der Waals surface area contributed by atoms with E-state index in [1.807, 2.05) is 36.2 Å². The normalized spacial score (nSPS) is 22.9. The summed E-state index contributed by atoms with van der Waals surface area (Å²) in [5.74, 6) is 0.718. The molecule has 2 aliphatic rings. The molecule has 1 saturated carbocycles. The van der Waals surface area contributed by atoms with E-state index < -0.39 is 5.60 Å². The van der Waals surface area contributed by atoms with Gasteiger partial charge in [0.2, 0.25) is 0 Å². The fourth-order valence-electron chi connectivity index (χ4n) is 5.81. The van der Waals surface area contributed by atoms with Crippen LogP contribution in [0.15, 0.2) is 24.3 Å². The van der Waals surface area contributed by atoms with Crippen molar-refractivity contribution in [1.29, 1.82) is 0 Å². The van der Waals surface area contributed by atoms with Crippen molar-refractivity contribution in [3.8, 4) is 0 Å². The van der Waals surface area contributed by atoms with Gasteiger partial charge in [-0.15, -0.1) is 0 Å². The second-order valence-corrected chi connectivity index (χ2v) is 10.4. The van der Waals surface area contributed by atoms with Crippen LogP contribution in [0.1, 0.15) is 76.7 Å². The molecule has 1 aliphatic heterocycles. The zero-order valence-electron chi connectivity index (χ0n) is 19.9. The zero-order chi connectivity index (χ0) is 23.0. The van der Waals surface area contributed by atoms with Crippen molar-refractivity contribution in [2.45, 2.75) is 82.8 Å². The summed E-state index contributed by atoms with van der Waals surface area (Å²) in [6.45, 7) is 4.21. The Morgan fingerprint density at radius 1 is 1.25 bits per heavy atom. The molecule has 180 valence electrons. The smallest absolute Gasteiger partial charge is 0.317 e. The average Bonchev–Trinajstić information content (AvgIpc) is 2.80. The van der Waals surface area contributed by atoms with Crippen molar-refractivity contribution in [2.75, 3.05) is 26.7 Å². The lowest BCUT2D eigenvalue weighted by Gasteiger charge is -2.43. The third kappa shape index (κ3) is 6.61. The highest BCUT2D eigenvalue weighted by atomic mass is 35.5. The number of urea groups is 1. The molecular weight excluding hydrogens is 422 g/mol. The fraction of sp³-hybridized carbons (Fsp3) is 0.731. The molecule has 0 aromatic heterocycles. The lowest BCUT2D eigenvalue weighted by molar-refractivity contribution is -0.0545. The Balaban J connectivity index is 1.66. The summed E-state index contributed by atoms with van der Waals surface area (Å²) in [5.41, 5.74) is -0.102. The van der Waals surface area contributed by atoms with Crippen LogP contribution in [0.3, 0.4) is 0 Å². The summed E-state index contributed by atoms with van der Waals surface area (Å²) in [5, 5.41) is 19.0. The van der Waals surface area contributed by atoms with Crippen molar-refractivity contribution < 1.29 is 9.90 Å². The van der Waals surface area contributed by atoms with E-state index in [-0.39, 0.29) is 18.0 Å². The van der Waals surface area contributed by atoms with Gasteiger partial charge in [0.15, 0.2) is 0 Å². The van der Waals surface area contributed by atoms with Crippen LogP contribution in [-0.4, -0.2) is 48.8 Å². The third-order valence-corrected chi connectivity index (χ3v) is 7.70. The standard InChI is InChI=1S/C26H42ClN3O2/c1-3-14-26(32,21-11-7-13-23(27)17-21)22-12-8-15-30(19-22)25(31)29-24(18-28-2)16-20-9-5-4-6-10-20/h7,11,13,17,20,22,24,28,32H,3-6,8-10,12,14-16,18-19H2,1-2H3,(H,29,31)/t22-,24+,26-/m1/s1. The molecule has 0 bridgehead atoms. The van der Waals surface area contributed by atoms with Gasteiger partial charge in [-0.2, -0.15) is 0 Å². The van der Waals surface area contributed by atoms with E-state index in [0.29, 0.717) is 23.9 Å². The Hall–Kier alpha value is -1.30. The number of carbonyl (C=O) groups excluding carboxylic acids is 1. The lowest BCUT2D eigenvalue weighted by atomic mass is 9.74. The number of likely N-dealkylation sites (N-methyl/N-ethyl adjacent to an activating group) is 1. The van der Waals surface area contributed by atoms with E-state index in [2.05, 4.69) is 17.6 Å². The predicted molar refractivity (Wildman–Crippen MR) is 132 cm³/mol. The maximum atomic E-state index is 13.2. The largest absolute Gasteiger partial charge is 0.385 e. The van der Waals surface area contributed by atoms with Gasteiger partial charge in [-0.3, -0.25) is 0 Å². The van der Waals surface area contributed by atoms with Gasteiger partial charge < -0.3 is 20.6 Å². The van der Waals surface area contributed by atoms with Crippen LogP contribution in [0, 0.1) is 11.8 Å². The van der Waals surface area contributed by atoms with E-state index in [1.165, 1.54) is 32.1 Å². The van der Waals surface area contributed by atoms with Crippen LogP contribution in [0.5, 0.6) is 0 Å². The Kier molecular flexibility index (Phi) is 9.69. The van der Waals surface area contributed by atoms with Crippen molar-refractivity contribution >= 4 is 17.6 Å². The number of piperidine rings is 1. The third-order valence-electron chi connectivity index (χ3n) is 7.46. The molecule has 1 saturated heterocycles. The molecule has 1 aromatic rings. The Labute approximate surface area is 199 Å². The molecule has 1 aliphatic carbocycles. The highest BCUT2D eigenvalue weighted by molar-refractivity contribution is 6.30. The molecule has 0 unspecified atom stereocenters. The minimum absolute atomic E-state index is 0.00140. The predicted octanol–water partition coefficient (Wildman–Crippen LogP) is 5.31. The van der Waals surface area contributed by atoms with Gasteiger partial charge in [-0.25, -0.2) is 4.79 Å². The Bertz CT molecular complexity index is 725. The van der Waals surface area contributed by atoms with Gasteiger partial charge in [-0.05, 0) is 56.3 Å². The molecule has 3 rings (SSSR count). The average molecular weight is 464 g/mol. The number of nitrogens with zero attached hydrogens (tertiary/aromatic N) is 1. The number of likely N-dealkylation sites (tertiary alicyclic amines) is 1. The monoisotopic (exact) mass is 463 g/mol. The quantitative estimate of drug-likeness (QED) is 0.465. The first kappa shape index (κ1) is 25.3. The Morgan fingerprint density at radius 2 is 2.03 bits per heavy atom. The maximum absolute atomic E-state index is 13.2. The van der Waals surface area contributed by atoms with E-state index in [0.717, 1.165) is 44.3 Å². The summed E-state index contributed by atoms with van der Waals surface area (Å²) < 4.78 is 0. The number of aliphatic hydroxyl groups is 1. The van der Waals surface area contributed by atoms with E-state index in [1.54, 1.807) is 0 Å². The highest BCUT2D eigenvalue weighted by Gasteiger charge is 2.41. The number of hydrogen-bond acceptors (Lipinski definition) is 3. The lowest BCUT2D eigenvalue weighted by Crippen LogP contribution is -2.54. The topological polar surface area (TPSA) is 64.6 Å². The summed E-state index contributed by atoms with van der Waals surface area (Å²) in [6.07, 6.45) is 11.0. The van der Waals surface area contributed by atoms with E-state index in [4.69, 9.17) is 11.6 Å². The molecule has 2 fully saturated rings. The first-order valence-corrected chi connectivity index (χ1v) is 13.0. The Morgan fingerprint density at radius 3 is 2.72 bits per heavy atom. The fourth-order valence-corrected chi connectivity index (χ4v) is 6.00. The van der Waals surface area contributed by atoms with E-state index in [9.17, 15) is 9.90 Å². The van der Waals surface area contributed by atoms with Crippen LogP contribution >= 0.6 is 11.6 Å². The molecule has 3 N–H and O–H groups in total. The summed E-state index contributed by atoms with van der Waals surface area (Å²) >= 11 is 6.24. The number of rotatable bonds is 9. The SMILES string of the molecule is CCC[C@@](O)(c1cccc(Cl)c1)[C@@H]1CCCN(C(=O)N[C@H](CNC)CC2CCCCC2)C1. The van der Waals surface area contributed by atoms with Gasteiger partial charge in [-0.1, -0.05) is 69.2 Å². The summed E-state index contributed by atoms with van der Waals surface area (Å²) in [6, 6.07) is 7.75. The number of amides is 2. The molecule has 0 spiro atoms. The van der Waals surface area contributed by atoms with Crippen LogP contribution in [0.2, 0.25) is 5.02 Å². The first-order valence-electron chi connectivity index (χ1n) is 12.6. The van der Waals surface area contributed by atoms with Crippen LogP contribution in [-0.2, 0) is 5.60 Å². The van der Waals surface area contributed by atoms with Crippen LogP contribution in [0.4, 0.5) is 4.79 Å². The zero-order valence-corrected chi connectivity index (χ0v) is 20.7. The molecule has 1 heterocycles. The van der Waals surface area contributed by atoms with E-state index >= 15 is 0 Å². The molecule has 1 aromatic carbocycles. The minimum atomic E-state index is -0.967. The molecule has 32 heavy (non-hydrogen) atoms. The van der Waals surface area contributed by atoms with Gasteiger partial charge in [0, 0.05) is 36.6 Å². The maximum Gasteiger partial charge on any atom is 0.317 e. The summed E-state index contributed by atoms with van der Waals surface area (Å²) in [4.78, 5) is 15.1. The van der Waals surface area contributed by atoms with Crippen molar-refractivity contribution in [3.63, 3.8) is 0 Å². The summed E-state index contributed by atoms with van der Waals surface area (Å²) in [7, 11) is 1.95. The molecule has 0 radical (unpaired) electrons. The number of halogens is 1. The van der Waals surface area contributed by atoms with Crippen LogP contribution < -0.4 is 10.6 Å². The van der Waals surface area contributed by atoms with Gasteiger partial charge >= 0.3 is 6.03 Å². The number of carbonyl (C=O) groups is 1. The molecule has 2 amide bonds. The molecule has 3 atom stereocenters. The molecule has 5 nitrogen and oxygen atoms in total. The number of nitrogens with one attached hydrogen (secondary N) is 2. The second-order valence-electron chi connectivity index (χ2n) is 9.91. The molecular formula is C26H42ClN3O2. The number of hydrogen-bond donors (Lipinski definition) is 3. The molecule has 6 heteroatoms. The van der Waals surface area contributed by atoms with Crippen molar-refractivity contribution in [2.24, 2.45) is 11.8 Å². The van der Waals surface area contributed by atoms with Gasteiger partial charge in [0.1, 0.15) is 0 Å². The number of benzene rings is 1. The second kappa shape index (κ2) is 12.2. The minimum Gasteiger partial charge on any atom is -0.385 e. The van der Waals surface area contributed by atoms with Crippen molar-refractivity contribution in [1.82, 2.24) is 15.5 Å². The van der Waals surface area contributed by atoms with Crippen molar-refractivity contribution in [3.05, 3.63) is 34.9 Å². The van der Waals surface area contributed by atoms with Gasteiger partial charge in [0.25, 0.3) is 0 Å². The van der Waals surface area contributed by atoms with Gasteiger partial charge in [0.05, 0.1) is 5.60 Å². The first-order chi connectivity index (χ1) is 15.5. The highest BCUT2D eigenvalue weighted by Crippen LogP contribution is 2.40. The van der Waals surface area contributed by atoms with Crippen LogP contribution in [0.25, 0.3) is 0 Å².